The number of aliphatic imine (C=N–C) groups is 1. The molecule has 2 aliphatic rings. The van der Waals surface area contributed by atoms with E-state index in [9.17, 15) is 0 Å². The minimum atomic E-state index is 0.419. The van der Waals surface area contributed by atoms with E-state index in [-0.39, 0.29) is 0 Å². The second kappa shape index (κ2) is 1.94. The maximum absolute atomic E-state index is 5.32. The third kappa shape index (κ3) is 0.605. The summed E-state index contributed by atoms with van der Waals surface area (Å²) in [4.78, 5) is 8.40. The van der Waals surface area contributed by atoms with Gasteiger partial charge in [-0.3, -0.25) is 0 Å². The zero-order valence-electron chi connectivity index (χ0n) is 6.32. The van der Waals surface area contributed by atoms with Crippen LogP contribution in [0.15, 0.2) is 34.3 Å². The van der Waals surface area contributed by atoms with Crippen molar-refractivity contribution in [1.82, 2.24) is 0 Å². The zero-order valence-corrected chi connectivity index (χ0v) is 6.32. The lowest BCUT2D eigenvalue weighted by Gasteiger charge is -1.91. The molecule has 3 heteroatoms. The van der Waals surface area contributed by atoms with Crippen molar-refractivity contribution < 1.29 is 4.74 Å². The van der Waals surface area contributed by atoms with Crippen molar-refractivity contribution in [3.8, 4) is 0 Å². The normalized spacial score (nSPS) is 17.7. The molecule has 0 aromatic heterocycles. The lowest BCUT2D eigenvalue weighted by molar-refractivity contribution is 0.311. The first-order valence-corrected chi connectivity index (χ1v) is 3.81. The number of hydrogen-bond acceptors (Lipinski definition) is 3. The molecule has 2 heterocycles. The Kier molecular flexibility index (Phi) is 0.961. The van der Waals surface area contributed by atoms with E-state index >= 15 is 0 Å². The molecule has 0 N–H and O–H groups in total. The highest BCUT2D eigenvalue weighted by Crippen LogP contribution is 2.10. The number of rotatable bonds is 0. The Morgan fingerprint density at radius 3 is 3.17 bits per heavy atom. The van der Waals surface area contributed by atoms with Gasteiger partial charge < -0.3 is 4.74 Å². The number of nitrogens with zero attached hydrogens (tertiary/aromatic N) is 2. The fourth-order valence-corrected chi connectivity index (χ4v) is 1.46. The summed E-state index contributed by atoms with van der Waals surface area (Å²) < 4.78 is 5.32. The quantitative estimate of drug-likeness (QED) is 0.515. The first kappa shape index (κ1) is 5.94. The third-order valence-corrected chi connectivity index (χ3v) is 2.00. The molecule has 0 spiro atoms. The summed E-state index contributed by atoms with van der Waals surface area (Å²) in [5.41, 5.74) is 0. The van der Waals surface area contributed by atoms with Crippen LogP contribution in [0.25, 0.3) is 5.76 Å². The van der Waals surface area contributed by atoms with E-state index in [2.05, 4.69) is 9.98 Å². The van der Waals surface area contributed by atoms with Gasteiger partial charge in [-0.1, -0.05) is 12.1 Å². The highest BCUT2D eigenvalue weighted by molar-refractivity contribution is 6.17. The van der Waals surface area contributed by atoms with E-state index in [4.69, 9.17) is 4.74 Å². The first-order chi connectivity index (χ1) is 5.95. The Hall–Kier alpha value is -1.64. The number of fused-ring (bicyclic) bond motifs is 2. The van der Waals surface area contributed by atoms with Gasteiger partial charge in [0.15, 0.2) is 18.3 Å². The molecule has 12 heavy (non-hydrogen) atoms. The third-order valence-electron chi connectivity index (χ3n) is 2.00. The molecule has 0 amide bonds. The summed E-state index contributed by atoms with van der Waals surface area (Å²) in [7, 11) is 0. The number of benzene rings is 1. The van der Waals surface area contributed by atoms with Crippen molar-refractivity contribution in [2.75, 3.05) is 6.73 Å². The highest BCUT2D eigenvalue weighted by Gasteiger charge is 2.19. The molecule has 0 radical (unpaired) electrons. The van der Waals surface area contributed by atoms with Crippen LogP contribution in [0, 0.1) is 0 Å². The number of ether oxygens (including phenoxy) is 1. The SMILES string of the molecule is c1ccc2c(c1)=NC1=NCOC=21. The van der Waals surface area contributed by atoms with Gasteiger partial charge in [-0.25, -0.2) is 9.98 Å². The predicted molar refractivity (Wildman–Crippen MR) is 44.0 cm³/mol. The molecule has 1 aromatic carbocycles. The van der Waals surface area contributed by atoms with Crippen LogP contribution >= 0.6 is 0 Å². The average Bonchev–Trinajstić information content (AvgIpc) is 2.62. The maximum Gasteiger partial charge on any atom is 0.195 e. The summed E-state index contributed by atoms with van der Waals surface area (Å²) >= 11 is 0. The fraction of sp³-hybridized carbons (Fsp3) is 0.111. The Morgan fingerprint density at radius 1 is 1.25 bits per heavy atom. The van der Waals surface area contributed by atoms with Gasteiger partial charge in [-0.2, -0.15) is 0 Å². The van der Waals surface area contributed by atoms with Crippen molar-refractivity contribution in [2.24, 2.45) is 9.98 Å². The van der Waals surface area contributed by atoms with E-state index in [1.54, 1.807) is 0 Å². The van der Waals surface area contributed by atoms with E-state index in [0.717, 1.165) is 22.2 Å². The molecule has 0 saturated carbocycles. The molecule has 3 nitrogen and oxygen atoms in total. The van der Waals surface area contributed by atoms with Gasteiger partial charge in [0.05, 0.1) is 5.36 Å². The molecule has 2 aliphatic heterocycles. The van der Waals surface area contributed by atoms with Crippen molar-refractivity contribution in [1.29, 1.82) is 0 Å². The molecule has 0 bridgehead atoms. The Labute approximate surface area is 68.7 Å². The second-order valence-electron chi connectivity index (χ2n) is 2.71. The largest absolute Gasteiger partial charge is 0.467 e. The van der Waals surface area contributed by atoms with Crippen LogP contribution < -0.4 is 10.6 Å². The summed E-state index contributed by atoms with van der Waals surface area (Å²) in [5.74, 6) is 1.59. The van der Waals surface area contributed by atoms with Crippen molar-refractivity contribution in [2.45, 2.75) is 0 Å². The minimum absolute atomic E-state index is 0.419. The molecule has 0 fully saturated rings. The van der Waals surface area contributed by atoms with Crippen LogP contribution in [0.1, 0.15) is 0 Å². The molecule has 58 valence electrons. The van der Waals surface area contributed by atoms with Crippen molar-refractivity contribution in [3.05, 3.63) is 34.8 Å². The Morgan fingerprint density at radius 2 is 2.17 bits per heavy atom. The average molecular weight is 158 g/mol. The lowest BCUT2D eigenvalue weighted by atomic mass is 10.3. The lowest BCUT2D eigenvalue weighted by Crippen LogP contribution is -2.22. The Bertz CT molecular complexity index is 487. The standard InChI is InChI=1S/C9H6N2O/c1-2-4-7-6(3-1)8-9(11-7)10-5-12-8/h1-4H,5H2. The fourth-order valence-electron chi connectivity index (χ4n) is 1.46. The molecule has 0 atom stereocenters. The molecule has 0 saturated heterocycles. The van der Waals surface area contributed by atoms with E-state index in [1.165, 1.54) is 0 Å². The Balaban J connectivity index is 2.52. The van der Waals surface area contributed by atoms with Crippen LogP contribution in [0.3, 0.4) is 0 Å². The summed E-state index contributed by atoms with van der Waals surface area (Å²) in [5, 5.41) is 2.03. The van der Waals surface area contributed by atoms with Crippen molar-refractivity contribution in [3.63, 3.8) is 0 Å². The number of hydrogen-bond donors (Lipinski definition) is 0. The van der Waals surface area contributed by atoms with Crippen LogP contribution in [0.5, 0.6) is 0 Å². The van der Waals surface area contributed by atoms with Gasteiger partial charge in [0.25, 0.3) is 0 Å². The number of amidine groups is 1. The molecule has 1 aromatic rings. The molecule has 0 aliphatic carbocycles. The molecule has 3 rings (SSSR count). The number of para-hydroxylation sites is 1. The predicted octanol–water partition coefficient (Wildman–Crippen LogP) is -0.186. The summed E-state index contributed by atoms with van der Waals surface area (Å²) in [6.07, 6.45) is 0. The second-order valence-corrected chi connectivity index (χ2v) is 2.71. The summed E-state index contributed by atoms with van der Waals surface area (Å²) in [6.45, 7) is 0.419. The van der Waals surface area contributed by atoms with Crippen LogP contribution in [0.4, 0.5) is 0 Å². The highest BCUT2D eigenvalue weighted by atomic mass is 16.5. The maximum atomic E-state index is 5.32. The smallest absolute Gasteiger partial charge is 0.195 e. The van der Waals surface area contributed by atoms with Gasteiger partial charge in [0, 0.05) is 5.22 Å². The van der Waals surface area contributed by atoms with Crippen LogP contribution in [-0.4, -0.2) is 12.6 Å². The van der Waals surface area contributed by atoms with Crippen LogP contribution in [-0.2, 0) is 4.74 Å². The van der Waals surface area contributed by atoms with Gasteiger partial charge in [-0.05, 0) is 12.1 Å². The first-order valence-electron chi connectivity index (χ1n) is 3.81. The van der Waals surface area contributed by atoms with Crippen molar-refractivity contribution >= 4 is 11.6 Å². The van der Waals surface area contributed by atoms with Gasteiger partial charge in [-0.15, -0.1) is 0 Å². The van der Waals surface area contributed by atoms with E-state index in [0.29, 0.717) is 6.73 Å². The monoisotopic (exact) mass is 158 g/mol. The minimum Gasteiger partial charge on any atom is -0.467 e. The van der Waals surface area contributed by atoms with Crippen LogP contribution in [0.2, 0.25) is 0 Å². The summed E-state index contributed by atoms with van der Waals surface area (Å²) in [6, 6.07) is 7.91. The molecular weight excluding hydrogens is 152 g/mol. The van der Waals surface area contributed by atoms with E-state index < -0.39 is 0 Å². The zero-order chi connectivity index (χ0) is 7.97. The topological polar surface area (TPSA) is 34.0 Å². The van der Waals surface area contributed by atoms with Gasteiger partial charge >= 0.3 is 0 Å². The van der Waals surface area contributed by atoms with E-state index in [1.807, 2.05) is 24.3 Å². The van der Waals surface area contributed by atoms with Gasteiger partial charge in [0.2, 0.25) is 0 Å². The molecular formula is C9H6N2O. The molecule has 0 unspecified atom stereocenters. The van der Waals surface area contributed by atoms with Gasteiger partial charge in [0.1, 0.15) is 0 Å².